The highest BCUT2D eigenvalue weighted by Crippen LogP contribution is 2.45. The minimum Gasteiger partial charge on any atom is -0.473 e. The molecule has 0 spiro atoms. The number of nitrogens with zero attached hydrogens (tertiary/aromatic N) is 1. The van der Waals surface area contributed by atoms with E-state index in [0.717, 1.165) is 0 Å². The molecule has 0 aromatic heterocycles. The minimum atomic E-state index is -4.95. The highest BCUT2D eigenvalue weighted by molar-refractivity contribution is 9.10. The molecule has 142 valence electrons. The Morgan fingerprint density at radius 2 is 1.85 bits per heavy atom. The van der Waals surface area contributed by atoms with E-state index in [1.807, 2.05) is 0 Å². The van der Waals surface area contributed by atoms with Crippen LogP contribution in [0.1, 0.15) is 28.3 Å². The molecule has 27 heavy (non-hydrogen) atoms. The van der Waals surface area contributed by atoms with Gasteiger partial charge in [-0.15, -0.1) is 0 Å². The van der Waals surface area contributed by atoms with Gasteiger partial charge in [0, 0.05) is 26.9 Å². The molecule has 9 heteroatoms. The van der Waals surface area contributed by atoms with Gasteiger partial charge in [-0.2, -0.15) is 13.2 Å². The first-order valence-electron chi connectivity index (χ1n) is 7.93. The first-order chi connectivity index (χ1) is 12.7. The average molecular weight is 444 g/mol. The molecule has 0 fully saturated rings. The third-order valence-electron chi connectivity index (χ3n) is 4.41. The first kappa shape index (κ1) is 19.3. The number of halogens is 4. The number of nitro groups is 1. The summed E-state index contributed by atoms with van der Waals surface area (Å²) in [5.41, 5.74) is 0.488. The summed E-state index contributed by atoms with van der Waals surface area (Å²) in [5.74, 6) is -1.86. The van der Waals surface area contributed by atoms with Gasteiger partial charge in [0.2, 0.25) is 0 Å². The topological polar surface area (TPSA) is 69.4 Å². The molecule has 5 nitrogen and oxygen atoms in total. The van der Waals surface area contributed by atoms with Crippen LogP contribution in [0.15, 0.2) is 53.0 Å². The molecule has 3 rings (SSSR count). The van der Waals surface area contributed by atoms with Gasteiger partial charge in [-0.05, 0) is 18.2 Å². The Labute approximate surface area is 160 Å². The first-order valence-corrected chi connectivity index (χ1v) is 8.72. The molecule has 3 atom stereocenters. The van der Waals surface area contributed by atoms with Crippen LogP contribution in [-0.2, 0) is 0 Å². The number of carbonyl (C=O) groups excluding carboxylic acids is 1. The van der Waals surface area contributed by atoms with Crippen LogP contribution < -0.4 is 4.74 Å². The quantitative estimate of drug-likeness (QED) is 0.387. The van der Waals surface area contributed by atoms with Crippen LogP contribution in [0, 0.1) is 10.1 Å². The van der Waals surface area contributed by atoms with Gasteiger partial charge >= 0.3 is 6.18 Å². The molecule has 1 aliphatic heterocycles. The summed E-state index contributed by atoms with van der Waals surface area (Å²) in [4.78, 5) is 23.1. The number of rotatable bonds is 4. The van der Waals surface area contributed by atoms with Crippen molar-refractivity contribution in [1.82, 2.24) is 0 Å². The Balaban J connectivity index is 2.07. The average Bonchev–Trinajstić information content (AvgIpc) is 2.61. The summed E-state index contributed by atoms with van der Waals surface area (Å²) in [7, 11) is 0. The second-order valence-electron chi connectivity index (χ2n) is 6.14. The summed E-state index contributed by atoms with van der Waals surface area (Å²) in [6.07, 6.45) is -8.01. The molecule has 2 aromatic carbocycles. The van der Waals surface area contributed by atoms with Crippen molar-refractivity contribution in [2.45, 2.75) is 30.7 Å². The number of hydrogen-bond donors (Lipinski definition) is 0. The van der Waals surface area contributed by atoms with Crippen LogP contribution in [0.3, 0.4) is 0 Å². The molecular formula is C18H13BrF3NO4. The minimum absolute atomic E-state index is 0.107. The largest absolute Gasteiger partial charge is 0.473 e. The third-order valence-corrected chi connectivity index (χ3v) is 4.91. The number of alkyl halides is 3. The fourth-order valence-corrected chi connectivity index (χ4v) is 3.59. The Hall–Kier alpha value is -2.42. The number of ether oxygens (including phenoxy) is 1. The normalized spacial score (nSPS) is 21.9. The van der Waals surface area contributed by atoms with E-state index in [1.54, 1.807) is 18.2 Å². The number of fused-ring (bicyclic) bond motifs is 1. The molecule has 1 heterocycles. The smallest absolute Gasteiger partial charge is 0.432 e. The summed E-state index contributed by atoms with van der Waals surface area (Å²) in [6, 6.07) is 10.1. The predicted molar refractivity (Wildman–Crippen MR) is 93.5 cm³/mol. The standard InChI is InChI=1S/C18H13BrF3NO4/c19-11-6-7-15-12(8-11)13(9-14(24)10-4-2-1-3-5-10)16(23(25)26)17(27-15)18(20,21)22/h1-8,13,16-17H,9H2/t13-,16+,17+/m0/s1. The molecular weight excluding hydrogens is 431 g/mol. The van der Waals surface area contributed by atoms with Crippen LogP contribution in [0.2, 0.25) is 0 Å². The summed E-state index contributed by atoms with van der Waals surface area (Å²) in [6.45, 7) is 0. The lowest BCUT2D eigenvalue weighted by molar-refractivity contribution is -0.548. The van der Waals surface area contributed by atoms with E-state index in [0.29, 0.717) is 4.47 Å². The molecule has 0 unspecified atom stereocenters. The van der Waals surface area contributed by atoms with Crippen LogP contribution in [0.4, 0.5) is 13.2 Å². The van der Waals surface area contributed by atoms with Crippen molar-refractivity contribution in [3.05, 3.63) is 74.2 Å². The molecule has 0 N–H and O–H groups in total. The third kappa shape index (κ3) is 3.97. The van der Waals surface area contributed by atoms with Gasteiger partial charge in [0.1, 0.15) is 5.75 Å². The number of Topliss-reactive ketones (excluding diaryl/α,β-unsaturated/α-hetero) is 1. The zero-order valence-electron chi connectivity index (χ0n) is 13.7. The van der Waals surface area contributed by atoms with Gasteiger partial charge in [-0.3, -0.25) is 14.9 Å². The maximum atomic E-state index is 13.4. The molecule has 0 saturated heterocycles. The lowest BCUT2D eigenvalue weighted by atomic mass is 9.81. The van der Waals surface area contributed by atoms with Crippen molar-refractivity contribution in [3.63, 3.8) is 0 Å². The summed E-state index contributed by atoms with van der Waals surface area (Å²) < 4.78 is 45.8. The van der Waals surface area contributed by atoms with Crippen LogP contribution in [0.5, 0.6) is 5.75 Å². The predicted octanol–water partition coefficient (Wildman–Crippen LogP) is 4.77. The number of benzene rings is 2. The van der Waals surface area contributed by atoms with Crippen LogP contribution in [-0.4, -0.2) is 29.0 Å². The van der Waals surface area contributed by atoms with E-state index >= 15 is 0 Å². The van der Waals surface area contributed by atoms with Crippen molar-refractivity contribution in [3.8, 4) is 5.75 Å². The second-order valence-corrected chi connectivity index (χ2v) is 7.05. The highest BCUT2D eigenvalue weighted by atomic mass is 79.9. The Morgan fingerprint density at radius 1 is 1.19 bits per heavy atom. The highest BCUT2D eigenvalue weighted by Gasteiger charge is 2.59. The molecule has 2 aromatic rings. The van der Waals surface area contributed by atoms with Gasteiger partial charge in [0.25, 0.3) is 12.1 Å². The maximum absolute atomic E-state index is 13.4. The molecule has 0 amide bonds. The number of ketones is 1. The molecule has 0 radical (unpaired) electrons. The lowest BCUT2D eigenvalue weighted by Gasteiger charge is -2.35. The van der Waals surface area contributed by atoms with Crippen LogP contribution >= 0.6 is 15.9 Å². The van der Waals surface area contributed by atoms with Crippen molar-refractivity contribution in [2.24, 2.45) is 0 Å². The van der Waals surface area contributed by atoms with E-state index in [4.69, 9.17) is 4.74 Å². The summed E-state index contributed by atoms with van der Waals surface area (Å²) >= 11 is 3.21. The van der Waals surface area contributed by atoms with Crippen molar-refractivity contribution in [1.29, 1.82) is 0 Å². The Kier molecular flexibility index (Phi) is 5.23. The van der Waals surface area contributed by atoms with E-state index in [2.05, 4.69) is 15.9 Å². The van der Waals surface area contributed by atoms with E-state index in [1.165, 1.54) is 30.3 Å². The fourth-order valence-electron chi connectivity index (χ4n) is 3.21. The van der Waals surface area contributed by atoms with Gasteiger partial charge < -0.3 is 4.74 Å². The zero-order valence-corrected chi connectivity index (χ0v) is 15.2. The van der Waals surface area contributed by atoms with Gasteiger partial charge in [-0.25, -0.2) is 0 Å². The lowest BCUT2D eigenvalue weighted by Crippen LogP contribution is -2.53. The van der Waals surface area contributed by atoms with E-state index in [9.17, 15) is 28.1 Å². The zero-order chi connectivity index (χ0) is 19.8. The monoisotopic (exact) mass is 443 g/mol. The van der Waals surface area contributed by atoms with Crippen molar-refractivity contribution in [2.75, 3.05) is 0 Å². The fraction of sp³-hybridized carbons (Fsp3) is 0.278. The van der Waals surface area contributed by atoms with Crippen molar-refractivity contribution < 1.29 is 27.6 Å². The second kappa shape index (κ2) is 7.30. The van der Waals surface area contributed by atoms with Gasteiger partial charge in [-0.1, -0.05) is 46.3 Å². The SMILES string of the molecule is O=C(C[C@H]1c2cc(Br)ccc2O[C@@H](C(F)(F)F)[C@@H]1[N+](=O)[O-])c1ccccc1. The van der Waals surface area contributed by atoms with E-state index in [-0.39, 0.29) is 16.9 Å². The number of hydrogen-bond acceptors (Lipinski definition) is 4. The molecule has 0 bridgehead atoms. The van der Waals surface area contributed by atoms with Gasteiger partial charge in [0.05, 0.1) is 5.92 Å². The summed E-state index contributed by atoms with van der Waals surface area (Å²) in [5, 5.41) is 11.5. The van der Waals surface area contributed by atoms with Crippen LogP contribution in [0.25, 0.3) is 0 Å². The molecule has 0 saturated carbocycles. The molecule has 0 aliphatic carbocycles. The van der Waals surface area contributed by atoms with Gasteiger partial charge in [0.15, 0.2) is 5.78 Å². The molecule has 1 aliphatic rings. The Bertz CT molecular complexity index is 873. The number of carbonyl (C=O) groups is 1. The Morgan fingerprint density at radius 3 is 2.44 bits per heavy atom. The van der Waals surface area contributed by atoms with E-state index < -0.39 is 41.4 Å². The van der Waals surface area contributed by atoms with Crippen molar-refractivity contribution >= 4 is 21.7 Å². The maximum Gasteiger partial charge on any atom is 0.432 e.